The molecule has 0 spiro atoms. The first-order valence-electron chi connectivity index (χ1n) is 6.07. The first-order valence-corrected chi connectivity index (χ1v) is 7.14. The van der Waals surface area contributed by atoms with Crippen LogP contribution >= 0.6 is 22.6 Å². The lowest BCUT2D eigenvalue weighted by Gasteiger charge is -2.00. The van der Waals surface area contributed by atoms with Crippen molar-refractivity contribution >= 4 is 28.6 Å². The molecule has 0 aliphatic heterocycles. The Bertz CT molecular complexity index is 652. The van der Waals surface area contributed by atoms with Gasteiger partial charge in [0.1, 0.15) is 5.82 Å². The Hall–Kier alpha value is -1.44. The van der Waals surface area contributed by atoms with Crippen LogP contribution in [0.5, 0.6) is 0 Å². The van der Waals surface area contributed by atoms with Crippen LogP contribution in [0, 0.1) is 15.3 Å². The summed E-state index contributed by atoms with van der Waals surface area (Å²) in [6.45, 7) is 3.95. The Kier molecular flexibility index (Phi) is 4.42. The molecule has 0 atom stereocenters. The van der Waals surface area contributed by atoms with Crippen molar-refractivity contribution in [1.29, 1.82) is 0 Å². The van der Waals surface area contributed by atoms with Crippen LogP contribution < -0.4 is 0 Å². The van der Waals surface area contributed by atoms with Gasteiger partial charge in [0.05, 0.1) is 11.3 Å². The molecule has 2 aromatic rings. The minimum absolute atomic E-state index is 0.145. The Morgan fingerprint density at radius 3 is 2.75 bits per heavy atom. The quantitative estimate of drug-likeness (QED) is 0.804. The summed E-state index contributed by atoms with van der Waals surface area (Å²) in [5.41, 5.74) is 1.01. The highest BCUT2D eigenvalue weighted by Gasteiger charge is 2.22. The number of carboxylic acid groups (broad SMARTS) is 1. The standard InChI is InChI=1S/C14H13FINO3/c1-7(2)5-11-12(14(18)19)20-13(17-11)9-4-3-8(15)6-10(9)16/h3-4,6-7H,5H2,1-2H3,(H,18,19). The monoisotopic (exact) mass is 389 g/mol. The predicted octanol–water partition coefficient (Wildman–Crippen LogP) is 3.98. The van der Waals surface area contributed by atoms with Gasteiger partial charge in [0.25, 0.3) is 0 Å². The van der Waals surface area contributed by atoms with Crippen molar-refractivity contribution in [3.63, 3.8) is 0 Å². The highest BCUT2D eigenvalue weighted by molar-refractivity contribution is 14.1. The maximum atomic E-state index is 13.1. The summed E-state index contributed by atoms with van der Waals surface area (Å²) in [5, 5.41) is 9.16. The average molecular weight is 389 g/mol. The van der Waals surface area contributed by atoms with Gasteiger partial charge in [0, 0.05) is 3.57 Å². The van der Waals surface area contributed by atoms with Crippen LogP contribution in [0.4, 0.5) is 4.39 Å². The van der Waals surface area contributed by atoms with Gasteiger partial charge >= 0.3 is 5.97 Å². The number of oxazole rings is 1. The molecule has 2 rings (SSSR count). The van der Waals surface area contributed by atoms with E-state index in [1.165, 1.54) is 18.2 Å². The molecule has 20 heavy (non-hydrogen) atoms. The van der Waals surface area contributed by atoms with Crippen molar-refractivity contribution in [1.82, 2.24) is 4.98 Å². The van der Waals surface area contributed by atoms with Crippen LogP contribution in [0.1, 0.15) is 30.1 Å². The van der Waals surface area contributed by atoms with E-state index in [0.717, 1.165) is 0 Å². The summed E-state index contributed by atoms with van der Waals surface area (Å²) in [5.74, 6) is -1.17. The smallest absolute Gasteiger partial charge is 0.373 e. The Labute approximate surface area is 129 Å². The minimum Gasteiger partial charge on any atom is -0.475 e. The summed E-state index contributed by atoms with van der Waals surface area (Å²) in [6, 6.07) is 4.18. The maximum absolute atomic E-state index is 13.1. The number of aromatic nitrogens is 1. The lowest BCUT2D eigenvalue weighted by molar-refractivity contribution is 0.0661. The van der Waals surface area contributed by atoms with Crippen LogP contribution in [-0.2, 0) is 6.42 Å². The normalized spacial score (nSPS) is 11.1. The molecule has 0 aliphatic carbocycles. The van der Waals surface area contributed by atoms with Gasteiger partial charge in [-0.3, -0.25) is 0 Å². The molecule has 0 unspecified atom stereocenters. The Morgan fingerprint density at radius 1 is 1.50 bits per heavy atom. The third kappa shape index (κ3) is 3.17. The van der Waals surface area contributed by atoms with Gasteiger partial charge in [-0.1, -0.05) is 13.8 Å². The van der Waals surface area contributed by atoms with Crippen LogP contribution in [0.3, 0.4) is 0 Å². The Balaban J connectivity index is 2.49. The van der Waals surface area contributed by atoms with E-state index in [0.29, 0.717) is 21.2 Å². The molecule has 4 nitrogen and oxygen atoms in total. The molecule has 0 saturated carbocycles. The minimum atomic E-state index is -1.14. The molecule has 0 aliphatic rings. The molecule has 1 N–H and O–H groups in total. The lowest BCUT2D eigenvalue weighted by Crippen LogP contribution is -2.03. The topological polar surface area (TPSA) is 63.3 Å². The molecular formula is C14H13FINO3. The van der Waals surface area contributed by atoms with Crippen LogP contribution in [0.15, 0.2) is 22.6 Å². The zero-order valence-electron chi connectivity index (χ0n) is 11.0. The van der Waals surface area contributed by atoms with E-state index >= 15 is 0 Å². The van der Waals surface area contributed by atoms with E-state index < -0.39 is 5.97 Å². The zero-order valence-corrected chi connectivity index (χ0v) is 13.1. The van der Waals surface area contributed by atoms with Crippen LogP contribution in [-0.4, -0.2) is 16.1 Å². The van der Waals surface area contributed by atoms with Crippen molar-refractivity contribution in [2.75, 3.05) is 0 Å². The molecule has 0 fully saturated rings. The molecule has 1 heterocycles. The number of hydrogen-bond donors (Lipinski definition) is 1. The second-order valence-corrected chi connectivity index (χ2v) is 5.98. The summed E-state index contributed by atoms with van der Waals surface area (Å²) >= 11 is 1.97. The second kappa shape index (κ2) is 5.90. The van der Waals surface area contributed by atoms with Gasteiger partial charge in [-0.2, -0.15) is 0 Å². The van der Waals surface area contributed by atoms with E-state index in [1.54, 1.807) is 0 Å². The molecule has 1 aromatic heterocycles. The number of carboxylic acids is 1. The number of aromatic carboxylic acids is 1. The maximum Gasteiger partial charge on any atom is 0.373 e. The number of rotatable bonds is 4. The fourth-order valence-electron chi connectivity index (χ4n) is 1.82. The molecule has 106 valence electrons. The van der Waals surface area contributed by atoms with Crippen molar-refractivity contribution in [2.45, 2.75) is 20.3 Å². The molecule has 0 bridgehead atoms. The molecule has 0 amide bonds. The Morgan fingerprint density at radius 2 is 2.20 bits per heavy atom. The fraction of sp³-hybridized carbons (Fsp3) is 0.286. The van der Waals surface area contributed by atoms with Gasteiger partial charge in [0.15, 0.2) is 0 Å². The number of halogens is 2. The van der Waals surface area contributed by atoms with Gasteiger partial charge < -0.3 is 9.52 Å². The van der Waals surface area contributed by atoms with E-state index in [2.05, 4.69) is 4.98 Å². The SMILES string of the molecule is CC(C)Cc1nc(-c2ccc(F)cc2I)oc1C(=O)O. The average Bonchev–Trinajstić information content (AvgIpc) is 2.71. The number of nitrogens with zero attached hydrogens (tertiary/aromatic N) is 1. The van der Waals surface area contributed by atoms with Crippen molar-refractivity contribution in [3.05, 3.63) is 39.0 Å². The van der Waals surface area contributed by atoms with Gasteiger partial charge in [0.2, 0.25) is 11.7 Å². The summed E-state index contributed by atoms with van der Waals surface area (Å²) in [7, 11) is 0. The molecule has 0 saturated heterocycles. The van der Waals surface area contributed by atoms with Gasteiger partial charge in [-0.25, -0.2) is 14.2 Å². The highest BCUT2D eigenvalue weighted by atomic mass is 127. The van der Waals surface area contributed by atoms with E-state index in [4.69, 9.17) is 9.52 Å². The van der Waals surface area contributed by atoms with Crippen LogP contribution in [0.2, 0.25) is 0 Å². The number of hydrogen-bond acceptors (Lipinski definition) is 3. The third-order valence-electron chi connectivity index (χ3n) is 2.65. The lowest BCUT2D eigenvalue weighted by atomic mass is 10.1. The first-order chi connectivity index (χ1) is 9.38. The molecular weight excluding hydrogens is 376 g/mol. The summed E-state index contributed by atoms with van der Waals surface area (Å²) in [4.78, 5) is 15.4. The van der Waals surface area contributed by atoms with Crippen molar-refractivity contribution < 1.29 is 18.7 Å². The zero-order chi connectivity index (χ0) is 14.9. The van der Waals surface area contributed by atoms with E-state index in [9.17, 15) is 9.18 Å². The molecule has 6 heteroatoms. The summed E-state index contributed by atoms with van der Waals surface area (Å²) < 4.78 is 19.1. The third-order valence-corrected chi connectivity index (χ3v) is 3.55. The van der Waals surface area contributed by atoms with Gasteiger partial charge in [-0.05, 0) is 53.1 Å². The predicted molar refractivity (Wildman–Crippen MR) is 80.1 cm³/mol. The second-order valence-electron chi connectivity index (χ2n) is 4.82. The number of carbonyl (C=O) groups is 1. The fourth-order valence-corrected chi connectivity index (χ4v) is 2.53. The first kappa shape index (κ1) is 15.0. The van der Waals surface area contributed by atoms with E-state index in [1.807, 2.05) is 36.4 Å². The van der Waals surface area contributed by atoms with Crippen LogP contribution in [0.25, 0.3) is 11.5 Å². The van der Waals surface area contributed by atoms with Gasteiger partial charge in [-0.15, -0.1) is 0 Å². The summed E-state index contributed by atoms with van der Waals surface area (Å²) in [6.07, 6.45) is 0.517. The van der Waals surface area contributed by atoms with E-state index in [-0.39, 0.29) is 23.4 Å². The largest absolute Gasteiger partial charge is 0.475 e. The van der Waals surface area contributed by atoms with Crippen molar-refractivity contribution in [2.24, 2.45) is 5.92 Å². The highest BCUT2D eigenvalue weighted by Crippen LogP contribution is 2.28. The molecule has 0 radical (unpaired) electrons. The molecule has 1 aromatic carbocycles. The van der Waals surface area contributed by atoms with Crippen molar-refractivity contribution in [3.8, 4) is 11.5 Å². The number of benzene rings is 1.